The van der Waals surface area contributed by atoms with Gasteiger partial charge in [0.1, 0.15) is 5.82 Å². The molecule has 3 aromatic rings. The lowest BCUT2D eigenvalue weighted by molar-refractivity contribution is 0.401. The van der Waals surface area contributed by atoms with Crippen molar-refractivity contribution in [1.82, 2.24) is 9.97 Å². The number of aromatic nitrogens is 2. The average Bonchev–Trinajstić information content (AvgIpc) is 2.46. The van der Waals surface area contributed by atoms with Gasteiger partial charge in [-0.25, -0.2) is 4.98 Å². The van der Waals surface area contributed by atoms with E-state index in [2.05, 4.69) is 9.97 Å². The maximum Gasteiger partial charge on any atom is 0.223 e. The lowest BCUT2D eigenvalue weighted by Gasteiger charge is -2.09. The van der Waals surface area contributed by atoms with E-state index in [1.807, 2.05) is 42.5 Å². The van der Waals surface area contributed by atoms with Gasteiger partial charge in [-0.05, 0) is 23.8 Å². The molecule has 1 aromatic carbocycles. The third kappa shape index (κ3) is 2.08. The van der Waals surface area contributed by atoms with Crippen LogP contribution >= 0.6 is 0 Å². The Morgan fingerprint density at radius 2 is 1.79 bits per heavy atom. The number of pyridine rings is 2. The predicted octanol–water partition coefficient (Wildman–Crippen LogP) is 2.89. The predicted molar refractivity (Wildman–Crippen MR) is 75.9 cm³/mol. The van der Waals surface area contributed by atoms with Crippen LogP contribution in [0, 0.1) is 0 Å². The van der Waals surface area contributed by atoms with Crippen LogP contribution < -0.4 is 10.5 Å². The van der Waals surface area contributed by atoms with Crippen molar-refractivity contribution >= 4 is 16.9 Å². The van der Waals surface area contributed by atoms with Gasteiger partial charge in [-0.3, -0.25) is 0 Å². The molecular weight excluding hydrogens is 238 g/mol. The average molecular weight is 251 g/mol. The van der Waals surface area contributed by atoms with Gasteiger partial charge in [-0.15, -0.1) is 0 Å². The molecule has 0 atom stereocenters. The van der Waals surface area contributed by atoms with E-state index in [9.17, 15) is 0 Å². The van der Waals surface area contributed by atoms with E-state index in [4.69, 9.17) is 10.5 Å². The summed E-state index contributed by atoms with van der Waals surface area (Å²) in [6.07, 6.45) is 0. The molecule has 94 valence electrons. The Morgan fingerprint density at radius 3 is 2.53 bits per heavy atom. The lowest BCUT2D eigenvalue weighted by Crippen LogP contribution is -1.96. The van der Waals surface area contributed by atoms with Crippen LogP contribution in [0.15, 0.2) is 48.5 Å². The summed E-state index contributed by atoms with van der Waals surface area (Å²) in [6, 6.07) is 15.7. The molecule has 2 N–H and O–H groups in total. The van der Waals surface area contributed by atoms with Gasteiger partial charge in [0.25, 0.3) is 0 Å². The van der Waals surface area contributed by atoms with Gasteiger partial charge in [-0.2, -0.15) is 4.98 Å². The number of ether oxygens (including phenoxy) is 1. The summed E-state index contributed by atoms with van der Waals surface area (Å²) in [6.45, 7) is 0. The van der Waals surface area contributed by atoms with Crippen LogP contribution in [0.25, 0.3) is 22.2 Å². The number of anilines is 1. The summed E-state index contributed by atoms with van der Waals surface area (Å²) < 4.78 is 5.36. The van der Waals surface area contributed by atoms with Crippen molar-refractivity contribution in [3.05, 3.63) is 48.5 Å². The Morgan fingerprint density at radius 1 is 1.00 bits per heavy atom. The number of rotatable bonds is 2. The minimum absolute atomic E-state index is 0.453. The fourth-order valence-electron chi connectivity index (χ4n) is 2.03. The SMILES string of the molecule is COc1nc2nc(N)ccc2cc1-c1ccccc1. The highest BCUT2D eigenvalue weighted by Crippen LogP contribution is 2.30. The first-order chi connectivity index (χ1) is 9.28. The molecule has 0 amide bonds. The van der Waals surface area contributed by atoms with Gasteiger partial charge in [0.05, 0.1) is 7.11 Å². The summed E-state index contributed by atoms with van der Waals surface area (Å²) >= 11 is 0. The Kier molecular flexibility index (Phi) is 2.76. The molecule has 0 fully saturated rings. The number of fused-ring (bicyclic) bond motifs is 1. The van der Waals surface area contributed by atoms with Crippen molar-refractivity contribution in [3.63, 3.8) is 0 Å². The maximum absolute atomic E-state index is 5.67. The summed E-state index contributed by atoms with van der Waals surface area (Å²) in [5.74, 6) is 1.01. The highest BCUT2D eigenvalue weighted by Gasteiger charge is 2.10. The van der Waals surface area contributed by atoms with Gasteiger partial charge in [0.2, 0.25) is 5.88 Å². The zero-order chi connectivity index (χ0) is 13.2. The normalized spacial score (nSPS) is 10.6. The second kappa shape index (κ2) is 4.57. The summed E-state index contributed by atoms with van der Waals surface area (Å²) in [5, 5.41) is 0.939. The van der Waals surface area contributed by atoms with Crippen molar-refractivity contribution in [2.24, 2.45) is 0 Å². The fraction of sp³-hybridized carbons (Fsp3) is 0.0667. The molecular formula is C15H13N3O. The van der Waals surface area contributed by atoms with Crippen molar-refractivity contribution < 1.29 is 4.74 Å². The molecule has 0 saturated carbocycles. The smallest absolute Gasteiger partial charge is 0.223 e. The van der Waals surface area contributed by atoms with Gasteiger partial charge in [-0.1, -0.05) is 30.3 Å². The lowest BCUT2D eigenvalue weighted by atomic mass is 10.1. The molecule has 4 nitrogen and oxygen atoms in total. The van der Waals surface area contributed by atoms with Crippen molar-refractivity contribution in [2.75, 3.05) is 12.8 Å². The third-order valence-electron chi connectivity index (χ3n) is 2.94. The molecule has 0 spiro atoms. The highest BCUT2D eigenvalue weighted by atomic mass is 16.5. The highest BCUT2D eigenvalue weighted by molar-refractivity contribution is 5.84. The first-order valence-corrected chi connectivity index (χ1v) is 5.94. The van der Waals surface area contributed by atoms with Crippen molar-refractivity contribution in [2.45, 2.75) is 0 Å². The molecule has 2 aromatic heterocycles. The fourth-order valence-corrected chi connectivity index (χ4v) is 2.03. The first kappa shape index (κ1) is 11.5. The van der Waals surface area contributed by atoms with Gasteiger partial charge >= 0.3 is 0 Å². The topological polar surface area (TPSA) is 61.0 Å². The summed E-state index contributed by atoms with van der Waals surface area (Å²) in [4.78, 5) is 8.62. The molecule has 3 rings (SSSR count). The van der Waals surface area contributed by atoms with Gasteiger partial charge in [0, 0.05) is 10.9 Å². The monoisotopic (exact) mass is 251 g/mol. The van der Waals surface area contributed by atoms with E-state index in [1.54, 1.807) is 13.2 Å². The number of nitrogens with two attached hydrogens (primary N) is 1. The Labute approximate surface area is 110 Å². The Hall–Kier alpha value is -2.62. The second-order valence-electron chi connectivity index (χ2n) is 4.19. The van der Waals surface area contributed by atoms with Crippen LogP contribution in [-0.2, 0) is 0 Å². The minimum atomic E-state index is 0.453. The van der Waals surface area contributed by atoms with E-state index < -0.39 is 0 Å². The van der Waals surface area contributed by atoms with E-state index in [0.29, 0.717) is 17.3 Å². The Bertz CT molecular complexity index is 726. The number of nitrogens with zero attached hydrogens (tertiary/aromatic N) is 2. The number of hydrogen-bond donors (Lipinski definition) is 1. The van der Waals surface area contributed by atoms with Crippen LogP contribution in [-0.4, -0.2) is 17.1 Å². The van der Waals surface area contributed by atoms with Gasteiger partial charge < -0.3 is 10.5 Å². The van der Waals surface area contributed by atoms with E-state index >= 15 is 0 Å². The zero-order valence-corrected chi connectivity index (χ0v) is 10.5. The molecule has 4 heteroatoms. The second-order valence-corrected chi connectivity index (χ2v) is 4.19. The summed E-state index contributed by atoms with van der Waals surface area (Å²) in [7, 11) is 1.60. The molecule has 0 aliphatic carbocycles. The van der Waals surface area contributed by atoms with Crippen molar-refractivity contribution in [3.8, 4) is 17.0 Å². The maximum atomic E-state index is 5.67. The van der Waals surface area contributed by atoms with Crippen LogP contribution in [0.1, 0.15) is 0 Å². The molecule has 0 aliphatic rings. The molecule has 0 radical (unpaired) electrons. The van der Waals surface area contributed by atoms with E-state index in [-0.39, 0.29) is 0 Å². The standard InChI is InChI=1S/C15H13N3O/c1-19-15-12(10-5-3-2-4-6-10)9-11-7-8-13(16)17-14(11)18-15/h2-9H,1H3,(H2,16,17,18). The van der Waals surface area contributed by atoms with E-state index in [1.165, 1.54) is 0 Å². The molecule has 0 bridgehead atoms. The van der Waals surface area contributed by atoms with E-state index in [0.717, 1.165) is 16.5 Å². The van der Waals surface area contributed by atoms with Crippen LogP contribution in [0.4, 0.5) is 5.82 Å². The summed E-state index contributed by atoms with van der Waals surface area (Å²) in [5.41, 5.74) is 8.27. The molecule has 0 saturated heterocycles. The quantitative estimate of drug-likeness (QED) is 0.760. The van der Waals surface area contributed by atoms with Crippen LogP contribution in [0.2, 0.25) is 0 Å². The first-order valence-electron chi connectivity index (χ1n) is 5.94. The van der Waals surface area contributed by atoms with Crippen LogP contribution in [0.5, 0.6) is 5.88 Å². The largest absolute Gasteiger partial charge is 0.480 e. The van der Waals surface area contributed by atoms with Crippen molar-refractivity contribution in [1.29, 1.82) is 0 Å². The number of methoxy groups -OCH3 is 1. The molecule has 19 heavy (non-hydrogen) atoms. The molecule has 0 unspecified atom stereocenters. The zero-order valence-electron chi connectivity index (χ0n) is 10.5. The number of benzene rings is 1. The van der Waals surface area contributed by atoms with Crippen LogP contribution in [0.3, 0.4) is 0 Å². The van der Waals surface area contributed by atoms with Gasteiger partial charge in [0.15, 0.2) is 5.65 Å². The number of nitrogen functional groups attached to an aromatic ring is 1. The number of hydrogen-bond acceptors (Lipinski definition) is 4. The molecule has 0 aliphatic heterocycles. The molecule has 2 heterocycles. The minimum Gasteiger partial charge on any atom is -0.480 e. The Balaban J connectivity index is 2.27. The third-order valence-corrected chi connectivity index (χ3v) is 2.94.